The Morgan fingerprint density at radius 1 is 1.15 bits per heavy atom. The Labute approximate surface area is 152 Å². The first-order valence-corrected chi connectivity index (χ1v) is 8.75. The molecule has 0 spiro atoms. The maximum absolute atomic E-state index is 12.5. The van der Waals surface area contributed by atoms with E-state index in [-0.39, 0.29) is 30.8 Å². The van der Waals surface area contributed by atoms with Crippen molar-refractivity contribution in [1.29, 1.82) is 0 Å². The zero-order valence-corrected chi connectivity index (χ0v) is 15.2. The van der Waals surface area contributed by atoms with Crippen LogP contribution in [-0.4, -0.2) is 70.2 Å². The Morgan fingerprint density at radius 2 is 1.85 bits per heavy atom. The molecule has 4 atom stereocenters. The van der Waals surface area contributed by atoms with E-state index >= 15 is 0 Å². The van der Waals surface area contributed by atoms with Crippen LogP contribution in [0.4, 0.5) is 10.5 Å². The highest BCUT2D eigenvalue weighted by molar-refractivity contribution is 5.94. The summed E-state index contributed by atoms with van der Waals surface area (Å²) in [5.41, 5.74) is 1.60. The van der Waals surface area contributed by atoms with Crippen molar-refractivity contribution in [2.24, 2.45) is 0 Å². The van der Waals surface area contributed by atoms with Crippen LogP contribution >= 0.6 is 0 Å². The zero-order chi connectivity index (χ0) is 18.7. The van der Waals surface area contributed by atoms with E-state index in [1.807, 2.05) is 38.1 Å². The molecule has 2 saturated heterocycles. The van der Waals surface area contributed by atoms with Gasteiger partial charge >= 0.3 is 6.09 Å². The van der Waals surface area contributed by atoms with Crippen LogP contribution in [0, 0.1) is 0 Å². The van der Waals surface area contributed by atoms with E-state index in [9.17, 15) is 9.59 Å². The Hall–Kier alpha value is -2.32. The van der Waals surface area contributed by atoms with Gasteiger partial charge in [0.25, 0.3) is 5.91 Å². The lowest BCUT2D eigenvalue weighted by Gasteiger charge is -2.18. The normalized spacial score (nSPS) is 26.9. The number of anilines is 1. The first kappa shape index (κ1) is 18.5. The second-order valence-electron chi connectivity index (χ2n) is 6.59. The summed E-state index contributed by atoms with van der Waals surface area (Å²) in [5.74, 6) is -0.179. The summed E-state index contributed by atoms with van der Waals surface area (Å²) >= 11 is 0. The van der Waals surface area contributed by atoms with Gasteiger partial charge in [0.05, 0.1) is 19.3 Å². The number of rotatable bonds is 5. The van der Waals surface area contributed by atoms with Gasteiger partial charge in [-0.1, -0.05) is 0 Å². The molecule has 3 rings (SSSR count). The molecule has 2 aliphatic rings. The summed E-state index contributed by atoms with van der Waals surface area (Å²) in [4.78, 5) is 26.0. The quantitative estimate of drug-likeness (QED) is 0.803. The molecule has 0 bridgehead atoms. The van der Waals surface area contributed by atoms with Crippen molar-refractivity contribution in [3.8, 4) is 0 Å². The van der Waals surface area contributed by atoms with Gasteiger partial charge in [-0.3, -0.25) is 4.79 Å². The molecule has 8 nitrogen and oxygen atoms in total. The molecule has 0 radical (unpaired) electrons. The standard InChI is InChI=1S/C18H25N3O5/c1-4-19-18(23)26-14-10-25-15-13(9-24-16(14)15)20-17(22)11-5-7-12(8-6-11)21(2)3/h5-8,13-16H,4,9-10H2,1-3H3,(H,19,23)(H,20,22)/t13-,14+,15+,16+/m0/s1. The van der Waals surface area contributed by atoms with Crippen molar-refractivity contribution in [3.63, 3.8) is 0 Å². The second-order valence-corrected chi connectivity index (χ2v) is 6.59. The fourth-order valence-electron chi connectivity index (χ4n) is 3.18. The van der Waals surface area contributed by atoms with Crippen molar-refractivity contribution in [1.82, 2.24) is 10.6 Å². The number of fused-ring (bicyclic) bond motifs is 1. The third-order valence-electron chi connectivity index (χ3n) is 4.55. The third-order valence-corrected chi connectivity index (χ3v) is 4.55. The van der Waals surface area contributed by atoms with Gasteiger partial charge in [0.2, 0.25) is 0 Å². The van der Waals surface area contributed by atoms with Crippen molar-refractivity contribution in [2.75, 3.05) is 38.8 Å². The summed E-state index contributed by atoms with van der Waals surface area (Å²) in [5, 5.41) is 5.54. The highest BCUT2D eigenvalue weighted by Crippen LogP contribution is 2.29. The number of nitrogens with one attached hydrogen (secondary N) is 2. The van der Waals surface area contributed by atoms with E-state index < -0.39 is 12.2 Å². The molecule has 2 aliphatic heterocycles. The second kappa shape index (κ2) is 7.92. The first-order chi connectivity index (χ1) is 12.5. The maximum Gasteiger partial charge on any atom is 0.407 e. The molecular formula is C18H25N3O5. The van der Waals surface area contributed by atoms with Gasteiger partial charge in [0, 0.05) is 31.9 Å². The lowest BCUT2D eigenvalue weighted by molar-refractivity contribution is 0.00408. The van der Waals surface area contributed by atoms with Gasteiger partial charge in [0.15, 0.2) is 6.10 Å². The van der Waals surface area contributed by atoms with Crippen molar-refractivity contribution in [2.45, 2.75) is 31.3 Å². The number of ether oxygens (including phenoxy) is 3. The van der Waals surface area contributed by atoms with Crippen molar-refractivity contribution >= 4 is 17.7 Å². The van der Waals surface area contributed by atoms with Crippen LogP contribution in [-0.2, 0) is 14.2 Å². The molecule has 26 heavy (non-hydrogen) atoms. The molecule has 8 heteroatoms. The average molecular weight is 363 g/mol. The van der Waals surface area contributed by atoms with Gasteiger partial charge in [-0.15, -0.1) is 0 Å². The average Bonchev–Trinajstić information content (AvgIpc) is 3.19. The molecular weight excluding hydrogens is 338 g/mol. The predicted octanol–water partition coefficient (Wildman–Crippen LogP) is 0.763. The number of amides is 2. The van der Waals surface area contributed by atoms with Gasteiger partial charge in [-0.25, -0.2) is 4.79 Å². The summed E-state index contributed by atoms with van der Waals surface area (Å²) in [6.45, 7) is 2.90. The summed E-state index contributed by atoms with van der Waals surface area (Å²) in [6.07, 6.45) is -1.63. The number of carbonyl (C=O) groups is 2. The van der Waals surface area contributed by atoms with Crippen LogP contribution in [0.1, 0.15) is 17.3 Å². The number of carbonyl (C=O) groups excluding carboxylic acids is 2. The van der Waals surface area contributed by atoms with Gasteiger partial charge in [-0.05, 0) is 31.2 Å². The van der Waals surface area contributed by atoms with Gasteiger partial charge in [0.1, 0.15) is 12.2 Å². The molecule has 142 valence electrons. The van der Waals surface area contributed by atoms with Gasteiger partial charge in [-0.2, -0.15) is 0 Å². The number of alkyl carbamates (subject to hydrolysis) is 1. The minimum atomic E-state index is -0.487. The molecule has 2 heterocycles. The highest BCUT2D eigenvalue weighted by Gasteiger charge is 2.50. The van der Waals surface area contributed by atoms with E-state index in [2.05, 4.69) is 10.6 Å². The number of hydrogen-bond acceptors (Lipinski definition) is 6. The number of nitrogens with zero attached hydrogens (tertiary/aromatic N) is 1. The largest absolute Gasteiger partial charge is 0.441 e. The number of hydrogen-bond donors (Lipinski definition) is 2. The lowest BCUT2D eigenvalue weighted by Crippen LogP contribution is -2.44. The Bertz CT molecular complexity index is 649. The highest BCUT2D eigenvalue weighted by atomic mass is 16.6. The fraction of sp³-hybridized carbons (Fsp3) is 0.556. The van der Waals surface area contributed by atoms with E-state index in [1.54, 1.807) is 12.1 Å². The maximum atomic E-state index is 12.5. The molecule has 0 unspecified atom stereocenters. The van der Waals surface area contributed by atoms with Gasteiger partial charge < -0.3 is 29.7 Å². The van der Waals surface area contributed by atoms with Crippen LogP contribution in [0.5, 0.6) is 0 Å². The van der Waals surface area contributed by atoms with Crippen molar-refractivity contribution in [3.05, 3.63) is 29.8 Å². The van der Waals surface area contributed by atoms with Crippen LogP contribution < -0.4 is 15.5 Å². The fourth-order valence-corrected chi connectivity index (χ4v) is 3.18. The molecule has 2 fully saturated rings. The van der Waals surface area contributed by atoms with Crippen LogP contribution in [0.25, 0.3) is 0 Å². The Balaban J connectivity index is 1.56. The SMILES string of the molecule is CCNC(=O)O[C@@H]1CO[C@H]2[C@@H]1OC[C@@H]2NC(=O)c1ccc(N(C)C)cc1. The van der Waals surface area contributed by atoms with Crippen LogP contribution in [0.2, 0.25) is 0 Å². The van der Waals surface area contributed by atoms with Crippen LogP contribution in [0.15, 0.2) is 24.3 Å². The topological polar surface area (TPSA) is 89.1 Å². The molecule has 2 N–H and O–H groups in total. The molecule has 0 aliphatic carbocycles. The lowest BCUT2D eigenvalue weighted by atomic mass is 10.1. The molecule has 2 amide bonds. The van der Waals surface area contributed by atoms with E-state index in [4.69, 9.17) is 14.2 Å². The molecule has 1 aromatic rings. The van der Waals surface area contributed by atoms with E-state index in [0.717, 1.165) is 5.69 Å². The van der Waals surface area contributed by atoms with E-state index in [1.165, 1.54) is 0 Å². The summed E-state index contributed by atoms with van der Waals surface area (Å²) < 4.78 is 16.8. The van der Waals surface area contributed by atoms with Crippen molar-refractivity contribution < 1.29 is 23.8 Å². The minimum Gasteiger partial charge on any atom is -0.441 e. The Kier molecular flexibility index (Phi) is 5.63. The summed E-state index contributed by atoms with van der Waals surface area (Å²) in [6, 6.07) is 7.09. The van der Waals surface area contributed by atoms with Crippen LogP contribution in [0.3, 0.4) is 0 Å². The summed E-state index contributed by atoms with van der Waals surface area (Å²) in [7, 11) is 3.89. The minimum absolute atomic E-state index is 0.179. The predicted molar refractivity (Wildman–Crippen MR) is 95.4 cm³/mol. The van der Waals surface area contributed by atoms with E-state index in [0.29, 0.717) is 18.7 Å². The molecule has 1 aromatic carbocycles. The molecule has 0 saturated carbocycles. The molecule has 0 aromatic heterocycles. The third kappa shape index (κ3) is 3.91. The smallest absolute Gasteiger partial charge is 0.407 e. The Morgan fingerprint density at radius 3 is 2.50 bits per heavy atom. The zero-order valence-electron chi connectivity index (χ0n) is 15.2. The number of benzene rings is 1. The monoisotopic (exact) mass is 363 g/mol. The first-order valence-electron chi connectivity index (χ1n) is 8.75.